The first-order valence-corrected chi connectivity index (χ1v) is 12.8. The maximum absolute atomic E-state index is 13.6. The Morgan fingerprint density at radius 2 is 1.76 bits per heavy atom. The lowest BCUT2D eigenvalue weighted by atomic mass is 10.1. The third-order valence-corrected chi connectivity index (χ3v) is 6.93. The van der Waals surface area contributed by atoms with E-state index in [4.69, 9.17) is 30.8 Å². The van der Waals surface area contributed by atoms with E-state index >= 15 is 0 Å². The molecule has 0 spiro atoms. The Morgan fingerprint density at radius 3 is 2.37 bits per heavy atom. The number of ether oxygens (including phenoxy) is 3. The van der Waals surface area contributed by atoms with E-state index in [2.05, 4.69) is 0 Å². The number of hydrogen-bond donors (Lipinski definition) is 1. The van der Waals surface area contributed by atoms with Crippen molar-refractivity contribution in [1.82, 2.24) is 4.90 Å². The number of rotatable bonds is 9. The molecule has 1 fully saturated rings. The Labute approximate surface area is 229 Å². The van der Waals surface area contributed by atoms with Crippen LogP contribution in [0.5, 0.6) is 17.2 Å². The highest BCUT2D eigenvalue weighted by atomic mass is 35.5. The van der Waals surface area contributed by atoms with Crippen molar-refractivity contribution in [2.45, 2.75) is 13.5 Å². The fraction of sp³-hybridized carbons (Fsp3) is 0.179. The first kappa shape index (κ1) is 27.1. The molecule has 8 nitrogen and oxygen atoms in total. The van der Waals surface area contributed by atoms with Crippen LogP contribution in [-0.4, -0.2) is 47.9 Å². The summed E-state index contributed by atoms with van der Waals surface area (Å²) in [7, 11) is 3.12. The normalized spacial score (nSPS) is 15.3. The molecule has 1 heterocycles. The van der Waals surface area contributed by atoms with Gasteiger partial charge in [-0.2, -0.15) is 0 Å². The van der Waals surface area contributed by atoms with Crippen LogP contribution >= 0.6 is 23.4 Å². The fourth-order valence-corrected chi connectivity index (χ4v) is 4.86. The van der Waals surface area contributed by atoms with Crippen LogP contribution in [0.25, 0.3) is 6.08 Å². The molecule has 38 heavy (non-hydrogen) atoms. The van der Waals surface area contributed by atoms with Gasteiger partial charge in [-0.3, -0.25) is 9.69 Å². The van der Waals surface area contributed by atoms with Crippen molar-refractivity contribution in [2.24, 2.45) is 4.99 Å². The van der Waals surface area contributed by atoms with Gasteiger partial charge in [0.1, 0.15) is 5.75 Å². The Balaban J connectivity index is 1.72. The topological polar surface area (TPSA) is 97.7 Å². The molecule has 3 aromatic rings. The Bertz CT molecular complexity index is 1400. The maximum atomic E-state index is 13.6. The molecular weight excluding hydrogens is 528 g/mol. The fourth-order valence-electron chi connectivity index (χ4n) is 3.66. The second kappa shape index (κ2) is 12.1. The zero-order valence-electron chi connectivity index (χ0n) is 20.9. The van der Waals surface area contributed by atoms with Crippen LogP contribution in [0.4, 0.5) is 5.69 Å². The van der Waals surface area contributed by atoms with Crippen LogP contribution in [-0.2, 0) is 11.3 Å². The van der Waals surface area contributed by atoms with Gasteiger partial charge < -0.3 is 19.3 Å². The van der Waals surface area contributed by atoms with Gasteiger partial charge in [0.2, 0.25) is 0 Å². The summed E-state index contributed by atoms with van der Waals surface area (Å²) >= 11 is 7.73. The van der Waals surface area contributed by atoms with Crippen molar-refractivity contribution in [1.29, 1.82) is 0 Å². The number of aliphatic imine (C=N–C) groups is 1. The van der Waals surface area contributed by atoms with E-state index < -0.39 is 5.97 Å². The zero-order chi connectivity index (χ0) is 27.2. The summed E-state index contributed by atoms with van der Waals surface area (Å²) in [5.41, 5.74) is 2.18. The summed E-state index contributed by atoms with van der Waals surface area (Å²) in [4.78, 5) is 31.5. The largest absolute Gasteiger partial charge is 0.497 e. The molecular formula is C28H25ClN2O6S. The number of carbonyl (C=O) groups is 2. The van der Waals surface area contributed by atoms with E-state index in [1.165, 1.54) is 31.0 Å². The molecule has 0 bridgehead atoms. The molecule has 1 aliphatic rings. The Morgan fingerprint density at radius 1 is 1.05 bits per heavy atom. The third kappa shape index (κ3) is 6.12. The number of carboxylic acids is 1. The summed E-state index contributed by atoms with van der Waals surface area (Å²) in [6.45, 7) is 2.51. The predicted octanol–water partition coefficient (Wildman–Crippen LogP) is 6.26. The Hall–Kier alpha value is -3.95. The van der Waals surface area contributed by atoms with Crippen molar-refractivity contribution in [3.05, 3.63) is 87.3 Å². The number of hydrogen-bond acceptors (Lipinski definition) is 7. The van der Waals surface area contributed by atoms with Crippen LogP contribution in [0.15, 0.2) is 70.6 Å². The van der Waals surface area contributed by atoms with E-state index in [0.717, 1.165) is 5.56 Å². The number of thioether (sulfide) groups is 1. The predicted molar refractivity (Wildman–Crippen MR) is 149 cm³/mol. The van der Waals surface area contributed by atoms with Crippen molar-refractivity contribution in [3.63, 3.8) is 0 Å². The molecule has 4 rings (SSSR count). The quantitative estimate of drug-likeness (QED) is 0.313. The number of methoxy groups -OCH3 is 2. The molecule has 1 saturated heterocycles. The van der Waals surface area contributed by atoms with Crippen LogP contribution in [0.1, 0.15) is 28.4 Å². The molecule has 1 aliphatic heterocycles. The van der Waals surface area contributed by atoms with Crippen molar-refractivity contribution in [2.75, 3.05) is 20.8 Å². The molecule has 3 aromatic carbocycles. The lowest BCUT2D eigenvalue weighted by Crippen LogP contribution is -2.28. The molecule has 0 saturated carbocycles. The van der Waals surface area contributed by atoms with Crippen LogP contribution in [0.3, 0.4) is 0 Å². The average molecular weight is 553 g/mol. The van der Waals surface area contributed by atoms with Gasteiger partial charge >= 0.3 is 5.97 Å². The number of benzene rings is 3. The van der Waals surface area contributed by atoms with E-state index in [-0.39, 0.29) is 18.0 Å². The van der Waals surface area contributed by atoms with Crippen LogP contribution in [0, 0.1) is 0 Å². The molecule has 0 unspecified atom stereocenters. The highest BCUT2D eigenvalue weighted by Crippen LogP contribution is 2.39. The molecule has 0 atom stereocenters. The highest BCUT2D eigenvalue weighted by Gasteiger charge is 2.34. The van der Waals surface area contributed by atoms with Gasteiger partial charge in [0.25, 0.3) is 5.91 Å². The lowest BCUT2D eigenvalue weighted by molar-refractivity contribution is -0.122. The van der Waals surface area contributed by atoms with Gasteiger partial charge in [0, 0.05) is 6.07 Å². The number of halogens is 1. The van der Waals surface area contributed by atoms with Crippen molar-refractivity contribution >= 4 is 52.2 Å². The van der Waals surface area contributed by atoms with E-state index in [1.807, 2.05) is 6.92 Å². The zero-order valence-corrected chi connectivity index (χ0v) is 22.5. The second-order valence-corrected chi connectivity index (χ2v) is 9.47. The minimum atomic E-state index is -1.01. The van der Waals surface area contributed by atoms with Gasteiger partial charge in [-0.05, 0) is 78.4 Å². The number of amides is 1. The summed E-state index contributed by atoms with van der Waals surface area (Å²) in [5.74, 6) is 0.439. The maximum Gasteiger partial charge on any atom is 0.335 e. The monoisotopic (exact) mass is 552 g/mol. The van der Waals surface area contributed by atoms with Crippen LogP contribution in [0.2, 0.25) is 5.02 Å². The van der Waals surface area contributed by atoms with Gasteiger partial charge in [0.15, 0.2) is 16.7 Å². The van der Waals surface area contributed by atoms with Gasteiger partial charge in [-0.25, -0.2) is 9.79 Å². The molecule has 1 amide bonds. The Kier molecular flexibility index (Phi) is 8.60. The van der Waals surface area contributed by atoms with E-state index in [1.54, 1.807) is 66.6 Å². The number of carbonyl (C=O) groups excluding carboxylic acids is 1. The average Bonchev–Trinajstić information content (AvgIpc) is 3.20. The van der Waals surface area contributed by atoms with Gasteiger partial charge in [0.05, 0.1) is 48.5 Å². The summed E-state index contributed by atoms with van der Waals surface area (Å²) in [6.07, 6.45) is 1.70. The minimum Gasteiger partial charge on any atom is -0.497 e. The summed E-state index contributed by atoms with van der Waals surface area (Å²) in [5, 5.41) is 10.1. The molecule has 196 valence electrons. The molecule has 0 aliphatic carbocycles. The van der Waals surface area contributed by atoms with E-state index in [9.17, 15) is 14.7 Å². The van der Waals surface area contributed by atoms with Crippen LogP contribution < -0.4 is 14.2 Å². The van der Waals surface area contributed by atoms with Crippen molar-refractivity contribution in [3.8, 4) is 17.2 Å². The number of amidine groups is 1. The minimum absolute atomic E-state index is 0.169. The first-order valence-electron chi connectivity index (χ1n) is 11.6. The highest BCUT2D eigenvalue weighted by molar-refractivity contribution is 8.18. The molecule has 0 radical (unpaired) electrons. The van der Waals surface area contributed by atoms with Gasteiger partial charge in [-0.15, -0.1) is 0 Å². The first-order chi connectivity index (χ1) is 18.3. The number of carboxylic acid groups (broad SMARTS) is 1. The SMILES string of the molecule is CCOc1cc(/C=C2\SC(=Nc3ccc(OC)cc3)N(Cc3ccc(C(=O)O)cc3)C2=O)c(Cl)cc1OC. The molecule has 1 N–H and O–H groups in total. The van der Waals surface area contributed by atoms with Crippen molar-refractivity contribution < 1.29 is 28.9 Å². The lowest BCUT2D eigenvalue weighted by Gasteiger charge is -2.16. The standard InChI is InChI=1S/C28H25ClN2O6S/c1-4-37-24-13-19(22(29)15-23(24)36-3)14-25-26(32)31(16-17-5-7-18(8-6-17)27(33)34)28(38-25)30-20-9-11-21(35-2)12-10-20/h5-15H,4,16H2,1-3H3,(H,33,34)/b25-14-,30-28?. The summed E-state index contributed by atoms with van der Waals surface area (Å²) < 4.78 is 16.2. The van der Waals surface area contributed by atoms with E-state index in [0.29, 0.717) is 50.2 Å². The third-order valence-electron chi connectivity index (χ3n) is 5.60. The summed E-state index contributed by atoms with van der Waals surface area (Å²) in [6, 6.07) is 16.9. The number of nitrogens with zero attached hydrogens (tertiary/aromatic N) is 2. The second-order valence-electron chi connectivity index (χ2n) is 8.05. The smallest absolute Gasteiger partial charge is 0.335 e. The molecule has 0 aromatic heterocycles. The molecule has 10 heteroatoms. The number of aromatic carboxylic acids is 1. The van der Waals surface area contributed by atoms with Gasteiger partial charge in [-0.1, -0.05) is 23.7 Å².